The van der Waals surface area contributed by atoms with Crippen LogP contribution in [-0.2, 0) is 4.79 Å². The number of benzene rings is 1. The Kier molecular flexibility index (Phi) is 3.29. The maximum absolute atomic E-state index is 11.4. The van der Waals surface area contributed by atoms with E-state index in [1.165, 1.54) is 0 Å². The van der Waals surface area contributed by atoms with Crippen LogP contribution in [-0.4, -0.2) is 24.4 Å². The van der Waals surface area contributed by atoms with Crippen LogP contribution in [0.3, 0.4) is 0 Å². The Morgan fingerprint density at radius 2 is 2.16 bits per heavy atom. The van der Waals surface area contributed by atoms with E-state index in [1.54, 1.807) is 12.1 Å². The van der Waals surface area contributed by atoms with Gasteiger partial charge in [0, 0.05) is 12.5 Å². The normalized spacial score (nSPS) is 18.2. The third-order valence-corrected chi connectivity index (χ3v) is 3.45. The molecule has 0 spiro atoms. The Morgan fingerprint density at radius 1 is 1.37 bits per heavy atom. The van der Waals surface area contributed by atoms with E-state index < -0.39 is 6.10 Å². The summed E-state index contributed by atoms with van der Waals surface area (Å²) in [5, 5.41) is 12.9. The molecule has 0 radical (unpaired) electrons. The minimum Gasteiger partial charge on any atom is -0.454 e. The number of hydrogen-bond donors (Lipinski definition) is 2. The molecule has 1 aliphatic carbocycles. The van der Waals surface area contributed by atoms with E-state index in [1.807, 2.05) is 6.07 Å². The summed E-state index contributed by atoms with van der Waals surface area (Å²) in [4.78, 5) is 11.4. The highest BCUT2D eigenvalue weighted by Gasteiger charge is 2.29. The first-order valence-corrected chi connectivity index (χ1v) is 6.59. The molecule has 1 unspecified atom stereocenters. The maximum Gasteiger partial charge on any atom is 0.231 e. The fourth-order valence-corrected chi connectivity index (χ4v) is 2.11. The molecule has 0 aromatic heterocycles. The summed E-state index contributed by atoms with van der Waals surface area (Å²) in [5.74, 6) is 1.69. The second-order valence-corrected chi connectivity index (χ2v) is 4.98. The van der Waals surface area contributed by atoms with Gasteiger partial charge in [-0.1, -0.05) is 6.07 Å². The number of carbonyl (C=O) groups excluding carboxylic acids is 1. The average Bonchev–Trinajstić information content (AvgIpc) is 3.16. The molecule has 1 fully saturated rings. The van der Waals surface area contributed by atoms with Crippen molar-refractivity contribution in [2.45, 2.75) is 25.4 Å². The van der Waals surface area contributed by atoms with Crippen LogP contribution in [0.2, 0.25) is 0 Å². The summed E-state index contributed by atoms with van der Waals surface area (Å²) in [6, 6.07) is 5.40. The van der Waals surface area contributed by atoms with Gasteiger partial charge in [-0.15, -0.1) is 0 Å². The average molecular weight is 263 g/mol. The molecule has 1 aliphatic heterocycles. The third kappa shape index (κ3) is 2.81. The Bertz CT molecular complexity index is 484. The molecule has 2 N–H and O–H groups in total. The molecule has 5 heteroatoms. The number of nitrogens with one attached hydrogen (secondary N) is 1. The zero-order valence-corrected chi connectivity index (χ0v) is 10.6. The molecular formula is C14H17NO4. The molecule has 102 valence electrons. The van der Waals surface area contributed by atoms with Gasteiger partial charge in [0.2, 0.25) is 12.7 Å². The number of ether oxygens (including phenoxy) is 2. The van der Waals surface area contributed by atoms with Crippen LogP contribution in [0.4, 0.5) is 0 Å². The van der Waals surface area contributed by atoms with Crippen LogP contribution in [0, 0.1) is 5.92 Å². The third-order valence-electron chi connectivity index (χ3n) is 3.45. The zero-order chi connectivity index (χ0) is 13.2. The van der Waals surface area contributed by atoms with Crippen molar-refractivity contribution in [3.63, 3.8) is 0 Å². The van der Waals surface area contributed by atoms with Crippen molar-refractivity contribution in [2.24, 2.45) is 5.92 Å². The van der Waals surface area contributed by atoms with Crippen LogP contribution in [0.15, 0.2) is 18.2 Å². The van der Waals surface area contributed by atoms with Gasteiger partial charge in [-0.25, -0.2) is 0 Å². The molecule has 1 atom stereocenters. The van der Waals surface area contributed by atoms with Gasteiger partial charge in [-0.05, 0) is 37.0 Å². The van der Waals surface area contributed by atoms with Crippen molar-refractivity contribution < 1.29 is 19.4 Å². The Morgan fingerprint density at radius 3 is 2.95 bits per heavy atom. The van der Waals surface area contributed by atoms with Gasteiger partial charge >= 0.3 is 0 Å². The van der Waals surface area contributed by atoms with Gasteiger partial charge in [0.1, 0.15) is 0 Å². The van der Waals surface area contributed by atoms with Crippen LogP contribution in [0.5, 0.6) is 11.5 Å². The smallest absolute Gasteiger partial charge is 0.231 e. The molecule has 1 saturated carbocycles. The number of rotatable bonds is 5. The molecule has 1 heterocycles. The van der Waals surface area contributed by atoms with Crippen LogP contribution in [0.1, 0.15) is 30.9 Å². The van der Waals surface area contributed by atoms with E-state index in [0.717, 1.165) is 18.4 Å². The summed E-state index contributed by atoms with van der Waals surface area (Å²) in [6.45, 7) is 0.720. The molecule has 1 aromatic rings. The van der Waals surface area contributed by atoms with Gasteiger partial charge in [-0.2, -0.15) is 0 Å². The zero-order valence-electron chi connectivity index (χ0n) is 10.6. The lowest BCUT2D eigenvalue weighted by molar-refractivity contribution is -0.122. The van der Waals surface area contributed by atoms with Crippen LogP contribution < -0.4 is 14.8 Å². The summed E-state index contributed by atoms with van der Waals surface area (Å²) in [7, 11) is 0. The highest BCUT2D eigenvalue weighted by atomic mass is 16.7. The molecule has 2 aliphatic rings. The monoisotopic (exact) mass is 263 g/mol. The molecule has 0 bridgehead atoms. The standard InChI is InChI=1S/C14H17NO4/c16-11(5-6-15-14(17)9-1-2-9)10-3-4-12-13(7-10)19-8-18-12/h3-4,7,9,11,16H,1-2,5-6,8H2,(H,15,17). The summed E-state index contributed by atoms with van der Waals surface area (Å²) in [5.41, 5.74) is 0.782. The minimum atomic E-state index is -0.603. The number of fused-ring (bicyclic) bond motifs is 1. The van der Waals surface area contributed by atoms with Gasteiger partial charge in [-0.3, -0.25) is 4.79 Å². The first-order valence-electron chi connectivity index (χ1n) is 6.59. The highest BCUT2D eigenvalue weighted by Crippen LogP contribution is 2.34. The van der Waals surface area contributed by atoms with Crippen LogP contribution >= 0.6 is 0 Å². The maximum atomic E-state index is 11.4. The van der Waals surface area contributed by atoms with Gasteiger partial charge in [0.05, 0.1) is 6.10 Å². The number of carbonyl (C=O) groups is 1. The van der Waals surface area contributed by atoms with Crippen molar-refractivity contribution in [2.75, 3.05) is 13.3 Å². The number of hydrogen-bond acceptors (Lipinski definition) is 4. The second kappa shape index (κ2) is 5.09. The topological polar surface area (TPSA) is 67.8 Å². The number of aliphatic hydroxyl groups excluding tert-OH is 1. The molecular weight excluding hydrogens is 246 g/mol. The summed E-state index contributed by atoms with van der Waals surface area (Å²) < 4.78 is 10.5. The molecule has 3 rings (SSSR count). The van der Waals surface area contributed by atoms with Crippen molar-refractivity contribution in [3.8, 4) is 11.5 Å². The number of amides is 1. The Balaban J connectivity index is 1.51. The first kappa shape index (κ1) is 12.3. The van der Waals surface area contributed by atoms with Crippen molar-refractivity contribution in [1.29, 1.82) is 0 Å². The predicted octanol–water partition coefficient (Wildman–Crippen LogP) is 1.37. The second-order valence-electron chi connectivity index (χ2n) is 4.98. The van der Waals surface area contributed by atoms with E-state index in [9.17, 15) is 9.90 Å². The minimum absolute atomic E-state index is 0.109. The lowest BCUT2D eigenvalue weighted by atomic mass is 10.1. The van der Waals surface area contributed by atoms with Crippen LogP contribution in [0.25, 0.3) is 0 Å². The van der Waals surface area contributed by atoms with Gasteiger partial charge in [0.25, 0.3) is 0 Å². The van der Waals surface area contributed by atoms with Crippen molar-refractivity contribution >= 4 is 5.91 Å². The van der Waals surface area contributed by atoms with Crippen molar-refractivity contribution in [3.05, 3.63) is 23.8 Å². The van der Waals surface area contributed by atoms with E-state index >= 15 is 0 Å². The molecule has 19 heavy (non-hydrogen) atoms. The highest BCUT2D eigenvalue weighted by molar-refractivity contribution is 5.80. The largest absolute Gasteiger partial charge is 0.454 e. The van der Waals surface area contributed by atoms with Gasteiger partial charge < -0.3 is 19.9 Å². The molecule has 0 saturated heterocycles. The Hall–Kier alpha value is -1.75. The molecule has 1 aromatic carbocycles. The summed E-state index contributed by atoms with van der Waals surface area (Å²) >= 11 is 0. The molecule has 5 nitrogen and oxygen atoms in total. The quantitative estimate of drug-likeness (QED) is 0.842. The lowest BCUT2D eigenvalue weighted by Gasteiger charge is -2.12. The van der Waals surface area contributed by atoms with E-state index in [-0.39, 0.29) is 18.6 Å². The first-order chi connectivity index (χ1) is 9.24. The van der Waals surface area contributed by atoms with E-state index in [2.05, 4.69) is 5.32 Å². The van der Waals surface area contributed by atoms with Crippen molar-refractivity contribution in [1.82, 2.24) is 5.32 Å². The predicted molar refractivity (Wildman–Crippen MR) is 67.9 cm³/mol. The summed E-state index contributed by atoms with van der Waals surface area (Å²) in [6.07, 6.45) is 1.89. The fourth-order valence-electron chi connectivity index (χ4n) is 2.11. The fraction of sp³-hybridized carbons (Fsp3) is 0.500. The SMILES string of the molecule is O=C(NCCC(O)c1ccc2c(c1)OCO2)C1CC1. The molecule has 1 amide bonds. The lowest BCUT2D eigenvalue weighted by Crippen LogP contribution is -2.26. The van der Waals surface area contributed by atoms with E-state index in [0.29, 0.717) is 24.5 Å². The number of aliphatic hydroxyl groups is 1. The Labute approximate surface area is 111 Å². The van der Waals surface area contributed by atoms with E-state index in [4.69, 9.17) is 9.47 Å². The van der Waals surface area contributed by atoms with Gasteiger partial charge in [0.15, 0.2) is 11.5 Å².